The number of ether oxygens (including phenoxy) is 2. The summed E-state index contributed by atoms with van der Waals surface area (Å²) in [6, 6.07) is 7.77. The molecule has 0 aliphatic rings. The Bertz CT molecular complexity index is 375. The molecule has 0 radical (unpaired) electrons. The summed E-state index contributed by atoms with van der Waals surface area (Å²) in [7, 11) is 1.67. The summed E-state index contributed by atoms with van der Waals surface area (Å²) in [5.74, 6) is 2.30. The van der Waals surface area contributed by atoms with Gasteiger partial charge in [0.1, 0.15) is 0 Å². The van der Waals surface area contributed by atoms with Crippen molar-refractivity contribution < 1.29 is 9.47 Å². The standard InChI is InChI=1S/C17H27ClO2/c1-4-6-11-17(5-2,14-18)12-13-20-16-10-8-7-9-15(16)19-3/h7-10H,4-6,11-14H2,1-3H3. The summed E-state index contributed by atoms with van der Waals surface area (Å²) in [4.78, 5) is 0. The molecule has 0 saturated carbocycles. The molecule has 0 fully saturated rings. The molecule has 0 aliphatic heterocycles. The normalized spacial score (nSPS) is 13.8. The predicted molar refractivity (Wildman–Crippen MR) is 86.1 cm³/mol. The highest BCUT2D eigenvalue weighted by atomic mass is 35.5. The molecule has 0 N–H and O–H groups in total. The molecule has 1 rings (SSSR count). The molecule has 114 valence electrons. The van der Waals surface area contributed by atoms with Crippen LogP contribution in [0.25, 0.3) is 0 Å². The number of methoxy groups -OCH3 is 1. The van der Waals surface area contributed by atoms with E-state index in [1.54, 1.807) is 7.11 Å². The van der Waals surface area contributed by atoms with Gasteiger partial charge in [-0.15, -0.1) is 11.6 Å². The Morgan fingerprint density at radius 3 is 2.35 bits per heavy atom. The fourth-order valence-electron chi connectivity index (χ4n) is 2.37. The van der Waals surface area contributed by atoms with E-state index in [1.165, 1.54) is 19.3 Å². The lowest BCUT2D eigenvalue weighted by molar-refractivity contribution is 0.189. The van der Waals surface area contributed by atoms with Crippen molar-refractivity contribution in [1.82, 2.24) is 0 Å². The van der Waals surface area contributed by atoms with Crippen LogP contribution >= 0.6 is 11.6 Å². The van der Waals surface area contributed by atoms with Gasteiger partial charge in [0.15, 0.2) is 11.5 Å². The summed E-state index contributed by atoms with van der Waals surface area (Å²) >= 11 is 6.22. The summed E-state index contributed by atoms with van der Waals surface area (Å²) in [6.45, 7) is 5.13. The van der Waals surface area contributed by atoms with Gasteiger partial charge >= 0.3 is 0 Å². The zero-order valence-corrected chi connectivity index (χ0v) is 13.7. The third kappa shape index (κ3) is 4.90. The average Bonchev–Trinajstić information content (AvgIpc) is 2.51. The van der Waals surface area contributed by atoms with Crippen LogP contribution in [-0.4, -0.2) is 19.6 Å². The maximum atomic E-state index is 6.22. The van der Waals surface area contributed by atoms with Gasteiger partial charge in [-0.3, -0.25) is 0 Å². The fourth-order valence-corrected chi connectivity index (χ4v) is 2.83. The molecule has 0 aromatic heterocycles. The molecule has 1 unspecified atom stereocenters. The molecular formula is C17H27ClO2. The second kappa shape index (κ2) is 9.12. The number of benzene rings is 1. The number of para-hydroxylation sites is 2. The van der Waals surface area contributed by atoms with E-state index < -0.39 is 0 Å². The predicted octanol–water partition coefficient (Wildman–Crippen LogP) is 5.29. The summed E-state index contributed by atoms with van der Waals surface area (Å²) in [5, 5.41) is 0. The highest BCUT2D eigenvalue weighted by Gasteiger charge is 2.26. The van der Waals surface area contributed by atoms with Crippen LogP contribution in [0.5, 0.6) is 11.5 Å². The van der Waals surface area contributed by atoms with Crippen LogP contribution in [0.1, 0.15) is 46.0 Å². The van der Waals surface area contributed by atoms with Gasteiger partial charge in [0.25, 0.3) is 0 Å². The first-order chi connectivity index (χ1) is 9.71. The van der Waals surface area contributed by atoms with E-state index in [9.17, 15) is 0 Å². The molecule has 0 spiro atoms. The molecule has 0 heterocycles. The quantitative estimate of drug-likeness (QED) is 0.546. The third-order valence-electron chi connectivity index (χ3n) is 4.05. The first-order valence-corrected chi connectivity index (χ1v) is 8.06. The van der Waals surface area contributed by atoms with Gasteiger partial charge in [-0.25, -0.2) is 0 Å². The van der Waals surface area contributed by atoms with Crippen molar-refractivity contribution in [3.8, 4) is 11.5 Å². The maximum absolute atomic E-state index is 6.22. The van der Waals surface area contributed by atoms with Crippen molar-refractivity contribution in [1.29, 1.82) is 0 Å². The van der Waals surface area contributed by atoms with Crippen molar-refractivity contribution in [2.45, 2.75) is 46.0 Å². The van der Waals surface area contributed by atoms with Gasteiger partial charge in [0.2, 0.25) is 0 Å². The minimum absolute atomic E-state index is 0.208. The van der Waals surface area contributed by atoms with Crippen molar-refractivity contribution in [2.75, 3.05) is 19.6 Å². The lowest BCUT2D eigenvalue weighted by Crippen LogP contribution is -2.25. The lowest BCUT2D eigenvalue weighted by atomic mass is 9.79. The van der Waals surface area contributed by atoms with Gasteiger partial charge in [0.05, 0.1) is 13.7 Å². The number of halogens is 1. The molecule has 20 heavy (non-hydrogen) atoms. The molecule has 0 aliphatic carbocycles. The van der Waals surface area contributed by atoms with Gasteiger partial charge in [-0.2, -0.15) is 0 Å². The Balaban J connectivity index is 2.55. The van der Waals surface area contributed by atoms with Crippen molar-refractivity contribution in [3.05, 3.63) is 24.3 Å². The van der Waals surface area contributed by atoms with E-state index in [0.717, 1.165) is 24.3 Å². The Kier molecular flexibility index (Phi) is 7.83. The number of alkyl halides is 1. The van der Waals surface area contributed by atoms with E-state index in [4.69, 9.17) is 21.1 Å². The van der Waals surface area contributed by atoms with Crippen LogP contribution in [0, 0.1) is 5.41 Å². The van der Waals surface area contributed by atoms with Crippen LogP contribution in [0.4, 0.5) is 0 Å². The molecule has 3 heteroatoms. The largest absolute Gasteiger partial charge is 0.493 e. The van der Waals surface area contributed by atoms with Crippen LogP contribution < -0.4 is 9.47 Å². The number of hydrogen-bond acceptors (Lipinski definition) is 2. The van der Waals surface area contributed by atoms with E-state index >= 15 is 0 Å². The van der Waals surface area contributed by atoms with Gasteiger partial charge in [-0.05, 0) is 36.8 Å². The van der Waals surface area contributed by atoms with Crippen LogP contribution in [-0.2, 0) is 0 Å². The fraction of sp³-hybridized carbons (Fsp3) is 0.647. The highest BCUT2D eigenvalue weighted by Crippen LogP contribution is 2.35. The van der Waals surface area contributed by atoms with E-state index in [2.05, 4.69) is 13.8 Å². The summed E-state index contributed by atoms with van der Waals surface area (Å²) in [6.07, 6.45) is 5.72. The minimum Gasteiger partial charge on any atom is -0.493 e. The van der Waals surface area contributed by atoms with Gasteiger partial charge in [0, 0.05) is 5.88 Å². The Labute approximate surface area is 128 Å². The summed E-state index contributed by atoms with van der Waals surface area (Å²) in [5.41, 5.74) is 0.208. The third-order valence-corrected chi connectivity index (χ3v) is 4.62. The average molecular weight is 299 g/mol. The molecule has 0 bridgehead atoms. The highest BCUT2D eigenvalue weighted by molar-refractivity contribution is 6.18. The molecular weight excluding hydrogens is 272 g/mol. The molecule has 1 aromatic rings. The zero-order chi connectivity index (χ0) is 14.8. The second-order valence-corrected chi connectivity index (χ2v) is 5.61. The maximum Gasteiger partial charge on any atom is 0.161 e. The molecule has 0 saturated heterocycles. The van der Waals surface area contributed by atoms with Crippen LogP contribution in [0.15, 0.2) is 24.3 Å². The topological polar surface area (TPSA) is 18.5 Å². The lowest BCUT2D eigenvalue weighted by Gasteiger charge is -2.30. The van der Waals surface area contributed by atoms with Crippen molar-refractivity contribution >= 4 is 11.6 Å². The van der Waals surface area contributed by atoms with Crippen LogP contribution in [0.2, 0.25) is 0 Å². The minimum atomic E-state index is 0.208. The van der Waals surface area contributed by atoms with Gasteiger partial charge in [-0.1, -0.05) is 38.8 Å². The Hall–Kier alpha value is -0.890. The van der Waals surface area contributed by atoms with E-state index in [1.807, 2.05) is 24.3 Å². The van der Waals surface area contributed by atoms with Gasteiger partial charge < -0.3 is 9.47 Å². The second-order valence-electron chi connectivity index (χ2n) is 5.34. The number of rotatable bonds is 10. The Morgan fingerprint density at radius 1 is 1.10 bits per heavy atom. The molecule has 1 atom stereocenters. The monoisotopic (exact) mass is 298 g/mol. The number of unbranched alkanes of at least 4 members (excludes halogenated alkanes) is 1. The Morgan fingerprint density at radius 2 is 1.80 bits per heavy atom. The van der Waals surface area contributed by atoms with Crippen molar-refractivity contribution in [2.24, 2.45) is 5.41 Å². The van der Waals surface area contributed by atoms with Crippen molar-refractivity contribution in [3.63, 3.8) is 0 Å². The molecule has 1 aromatic carbocycles. The SMILES string of the molecule is CCCCC(CC)(CCl)CCOc1ccccc1OC. The smallest absolute Gasteiger partial charge is 0.161 e. The number of hydrogen-bond donors (Lipinski definition) is 0. The molecule has 2 nitrogen and oxygen atoms in total. The van der Waals surface area contributed by atoms with E-state index in [-0.39, 0.29) is 5.41 Å². The summed E-state index contributed by atoms with van der Waals surface area (Å²) < 4.78 is 11.2. The molecule has 0 amide bonds. The van der Waals surface area contributed by atoms with E-state index in [0.29, 0.717) is 12.5 Å². The zero-order valence-electron chi connectivity index (χ0n) is 13.0. The first-order valence-electron chi connectivity index (χ1n) is 7.53. The first kappa shape index (κ1) is 17.2. The van der Waals surface area contributed by atoms with Crippen LogP contribution in [0.3, 0.4) is 0 Å².